The van der Waals surface area contributed by atoms with Crippen LogP contribution in [0, 0.1) is 12.7 Å². The Morgan fingerprint density at radius 3 is 2.50 bits per heavy atom. The van der Waals surface area contributed by atoms with Gasteiger partial charge in [-0.1, -0.05) is 18.2 Å². The standard InChI is InChI=1S/C15H14FNO3/c1-9-5-3-7-11(13(9)16)20-12-8-4-6-10(14(12)17)15(18)19-2/h3-8H,17H2,1-2H3. The van der Waals surface area contributed by atoms with E-state index in [2.05, 4.69) is 4.74 Å². The predicted molar refractivity (Wildman–Crippen MR) is 73.4 cm³/mol. The minimum atomic E-state index is -0.572. The first-order valence-electron chi connectivity index (χ1n) is 5.94. The lowest BCUT2D eigenvalue weighted by molar-refractivity contribution is 0.0601. The molecule has 104 valence electrons. The quantitative estimate of drug-likeness (QED) is 0.689. The maximum absolute atomic E-state index is 13.9. The molecule has 0 amide bonds. The maximum atomic E-state index is 13.9. The van der Waals surface area contributed by atoms with Crippen LogP contribution in [0.2, 0.25) is 0 Å². The molecule has 0 fully saturated rings. The summed E-state index contributed by atoms with van der Waals surface area (Å²) in [5.74, 6) is -0.774. The molecular weight excluding hydrogens is 261 g/mol. The number of nitrogens with two attached hydrogens (primary N) is 1. The summed E-state index contributed by atoms with van der Waals surface area (Å²) in [4.78, 5) is 11.5. The van der Waals surface area contributed by atoms with E-state index in [0.717, 1.165) is 0 Å². The van der Waals surface area contributed by atoms with Gasteiger partial charge in [-0.15, -0.1) is 0 Å². The third-order valence-electron chi connectivity index (χ3n) is 2.85. The summed E-state index contributed by atoms with van der Waals surface area (Å²) in [6, 6.07) is 9.47. The Labute approximate surface area is 115 Å². The number of halogens is 1. The number of methoxy groups -OCH3 is 1. The number of aryl methyl sites for hydroxylation is 1. The Hall–Kier alpha value is -2.56. The van der Waals surface area contributed by atoms with Crippen LogP contribution in [-0.4, -0.2) is 13.1 Å². The van der Waals surface area contributed by atoms with Crippen molar-refractivity contribution in [3.8, 4) is 11.5 Å². The van der Waals surface area contributed by atoms with Gasteiger partial charge in [-0.05, 0) is 30.7 Å². The summed E-state index contributed by atoms with van der Waals surface area (Å²) in [5.41, 5.74) is 6.60. The molecule has 4 nitrogen and oxygen atoms in total. The van der Waals surface area contributed by atoms with Crippen molar-refractivity contribution >= 4 is 11.7 Å². The Kier molecular flexibility index (Phi) is 3.89. The Bertz CT molecular complexity index is 656. The number of anilines is 1. The van der Waals surface area contributed by atoms with Gasteiger partial charge in [0.1, 0.15) is 0 Å². The van der Waals surface area contributed by atoms with E-state index < -0.39 is 11.8 Å². The van der Waals surface area contributed by atoms with Gasteiger partial charge in [-0.2, -0.15) is 0 Å². The largest absolute Gasteiger partial charge is 0.465 e. The van der Waals surface area contributed by atoms with Crippen molar-refractivity contribution in [1.29, 1.82) is 0 Å². The number of nitrogen functional groups attached to an aromatic ring is 1. The minimum absolute atomic E-state index is 0.0544. The molecule has 0 bridgehead atoms. The molecule has 0 unspecified atom stereocenters. The van der Waals surface area contributed by atoms with Gasteiger partial charge < -0.3 is 15.2 Å². The van der Waals surface area contributed by atoms with Gasteiger partial charge >= 0.3 is 5.97 Å². The topological polar surface area (TPSA) is 61.5 Å². The summed E-state index contributed by atoms with van der Waals surface area (Å²) in [7, 11) is 1.26. The van der Waals surface area contributed by atoms with E-state index in [1.165, 1.54) is 19.2 Å². The molecule has 0 aliphatic rings. The average Bonchev–Trinajstić information content (AvgIpc) is 2.45. The number of ether oxygens (including phenoxy) is 2. The molecule has 0 saturated carbocycles. The number of hydrogen-bond acceptors (Lipinski definition) is 4. The van der Waals surface area contributed by atoms with Crippen molar-refractivity contribution < 1.29 is 18.7 Å². The third-order valence-corrected chi connectivity index (χ3v) is 2.85. The zero-order valence-electron chi connectivity index (χ0n) is 11.1. The summed E-state index contributed by atoms with van der Waals surface area (Å²) in [6.45, 7) is 1.64. The molecule has 2 rings (SSSR count). The van der Waals surface area contributed by atoms with Crippen molar-refractivity contribution in [3.63, 3.8) is 0 Å². The molecule has 0 saturated heterocycles. The second-order valence-corrected chi connectivity index (χ2v) is 4.20. The van der Waals surface area contributed by atoms with Gasteiger partial charge in [0.15, 0.2) is 17.3 Å². The molecule has 0 spiro atoms. The lowest BCUT2D eigenvalue weighted by Gasteiger charge is -2.12. The third kappa shape index (κ3) is 2.56. The number of para-hydroxylation sites is 1. The fraction of sp³-hybridized carbons (Fsp3) is 0.133. The normalized spacial score (nSPS) is 10.2. The first-order chi connectivity index (χ1) is 9.54. The van der Waals surface area contributed by atoms with E-state index in [-0.39, 0.29) is 22.7 Å². The summed E-state index contributed by atoms with van der Waals surface area (Å²) >= 11 is 0. The van der Waals surface area contributed by atoms with Crippen LogP contribution in [0.25, 0.3) is 0 Å². The molecule has 0 radical (unpaired) electrons. The van der Waals surface area contributed by atoms with Crippen molar-refractivity contribution in [2.45, 2.75) is 6.92 Å². The Morgan fingerprint density at radius 2 is 1.80 bits per heavy atom. The van der Waals surface area contributed by atoms with E-state index >= 15 is 0 Å². The first kappa shape index (κ1) is 13.9. The predicted octanol–water partition coefficient (Wildman–Crippen LogP) is 3.30. The Balaban J connectivity index is 2.39. The molecule has 2 aromatic rings. The van der Waals surface area contributed by atoms with Crippen LogP contribution < -0.4 is 10.5 Å². The highest BCUT2D eigenvalue weighted by Crippen LogP contribution is 2.32. The fourth-order valence-corrected chi connectivity index (χ4v) is 1.74. The van der Waals surface area contributed by atoms with Gasteiger partial charge in [0, 0.05) is 0 Å². The van der Waals surface area contributed by atoms with Gasteiger partial charge in [-0.25, -0.2) is 9.18 Å². The minimum Gasteiger partial charge on any atom is -0.465 e. The van der Waals surface area contributed by atoms with Crippen LogP contribution >= 0.6 is 0 Å². The number of carbonyl (C=O) groups is 1. The molecule has 2 aromatic carbocycles. The summed E-state index contributed by atoms with van der Waals surface area (Å²) < 4.78 is 24.0. The lowest BCUT2D eigenvalue weighted by atomic mass is 10.1. The fourth-order valence-electron chi connectivity index (χ4n) is 1.74. The van der Waals surface area contributed by atoms with Crippen LogP contribution in [0.4, 0.5) is 10.1 Å². The highest BCUT2D eigenvalue weighted by Gasteiger charge is 2.15. The van der Waals surface area contributed by atoms with Crippen LogP contribution in [0.5, 0.6) is 11.5 Å². The van der Waals surface area contributed by atoms with Crippen LogP contribution in [0.1, 0.15) is 15.9 Å². The zero-order valence-corrected chi connectivity index (χ0v) is 11.1. The van der Waals surface area contributed by atoms with Gasteiger partial charge in [0.2, 0.25) is 0 Å². The monoisotopic (exact) mass is 275 g/mol. The molecular formula is C15H14FNO3. The number of hydrogen-bond donors (Lipinski definition) is 1. The summed E-state index contributed by atoms with van der Waals surface area (Å²) in [5, 5.41) is 0. The number of carbonyl (C=O) groups excluding carboxylic acids is 1. The van der Waals surface area contributed by atoms with E-state index in [9.17, 15) is 9.18 Å². The van der Waals surface area contributed by atoms with Crippen LogP contribution in [0.15, 0.2) is 36.4 Å². The molecule has 0 aliphatic carbocycles. The van der Waals surface area contributed by atoms with Crippen molar-refractivity contribution in [3.05, 3.63) is 53.3 Å². The van der Waals surface area contributed by atoms with E-state index in [0.29, 0.717) is 5.56 Å². The molecule has 0 aromatic heterocycles. The first-order valence-corrected chi connectivity index (χ1v) is 5.94. The SMILES string of the molecule is COC(=O)c1cccc(Oc2cccc(C)c2F)c1N. The molecule has 0 heterocycles. The second kappa shape index (κ2) is 5.61. The smallest absolute Gasteiger partial charge is 0.340 e. The number of rotatable bonds is 3. The van der Waals surface area contributed by atoms with Crippen LogP contribution in [-0.2, 0) is 4.74 Å². The van der Waals surface area contributed by atoms with Crippen molar-refractivity contribution in [2.75, 3.05) is 12.8 Å². The molecule has 0 atom stereocenters. The van der Waals surface area contributed by atoms with E-state index in [1.54, 1.807) is 31.2 Å². The number of esters is 1. The second-order valence-electron chi connectivity index (χ2n) is 4.20. The molecule has 0 aliphatic heterocycles. The molecule has 5 heteroatoms. The average molecular weight is 275 g/mol. The van der Waals surface area contributed by atoms with Gasteiger partial charge in [0.25, 0.3) is 0 Å². The van der Waals surface area contributed by atoms with Gasteiger partial charge in [0.05, 0.1) is 18.4 Å². The molecule has 2 N–H and O–H groups in total. The highest BCUT2D eigenvalue weighted by molar-refractivity contribution is 5.96. The van der Waals surface area contributed by atoms with Crippen molar-refractivity contribution in [2.24, 2.45) is 0 Å². The number of benzene rings is 2. The van der Waals surface area contributed by atoms with Crippen molar-refractivity contribution in [1.82, 2.24) is 0 Å². The zero-order chi connectivity index (χ0) is 14.7. The van der Waals surface area contributed by atoms with E-state index in [1.807, 2.05) is 0 Å². The highest BCUT2D eigenvalue weighted by atomic mass is 19.1. The van der Waals surface area contributed by atoms with E-state index in [4.69, 9.17) is 10.5 Å². The maximum Gasteiger partial charge on any atom is 0.340 e. The molecule has 20 heavy (non-hydrogen) atoms. The van der Waals surface area contributed by atoms with Gasteiger partial charge in [-0.3, -0.25) is 0 Å². The lowest BCUT2D eigenvalue weighted by Crippen LogP contribution is -2.06. The van der Waals surface area contributed by atoms with Crippen LogP contribution in [0.3, 0.4) is 0 Å². The Morgan fingerprint density at radius 1 is 1.15 bits per heavy atom. The summed E-state index contributed by atoms with van der Waals surface area (Å²) in [6.07, 6.45) is 0.